The second-order valence-corrected chi connectivity index (χ2v) is 5.97. The fraction of sp³-hybridized carbons (Fsp3) is 0.0667. The molecule has 0 heterocycles. The molecule has 3 rings (SSSR count). The molecular weight excluding hydrogens is 283 g/mol. The third-order valence-electron chi connectivity index (χ3n) is 3.29. The average molecular weight is 295 g/mol. The van der Waals surface area contributed by atoms with E-state index in [4.69, 9.17) is 0 Å². The van der Waals surface area contributed by atoms with Crippen molar-refractivity contribution in [1.29, 1.82) is 0 Å². The van der Waals surface area contributed by atoms with Crippen LogP contribution in [-0.2, 0) is 10.1 Å². The first-order valence-electron chi connectivity index (χ1n) is 5.86. The first kappa shape index (κ1) is 15.5. The first-order valence-corrected chi connectivity index (χ1v) is 7.30. The molecule has 0 aliphatic rings. The monoisotopic (exact) mass is 295 g/mol. The van der Waals surface area contributed by atoms with E-state index in [2.05, 4.69) is 0 Å². The van der Waals surface area contributed by atoms with Crippen molar-refractivity contribution in [2.45, 2.75) is 11.8 Å². The Hall–Kier alpha value is -0.910. The van der Waals surface area contributed by atoms with Crippen LogP contribution in [0.1, 0.15) is 5.56 Å². The number of hydrogen-bond acceptors (Lipinski definition) is 2. The molecule has 0 aliphatic heterocycles. The van der Waals surface area contributed by atoms with Crippen LogP contribution in [-0.4, -0.2) is 42.5 Å². The Morgan fingerprint density at radius 1 is 0.900 bits per heavy atom. The second kappa shape index (κ2) is 5.47. The fourth-order valence-corrected chi connectivity index (χ4v) is 3.37. The second-order valence-electron chi connectivity index (χ2n) is 4.61. The topological polar surface area (TPSA) is 54.4 Å². The summed E-state index contributed by atoms with van der Waals surface area (Å²) in [6, 6.07) is 15.0. The van der Waals surface area contributed by atoms with Crippen LogP contribution in [0.25, 0.3) is 21.5 Å². The van der Waals surface area contributed by atoms with Gasteiger partial charge in [-0.2, -0.15) is 8.42 Å². The zero-order chi connectivity index (χ0) is 13.6. The van der Waals surface area contributed by atoms with E-state index in [1.807, 2.05) is 36.4 Å². The Bertz CT molecular complexity index is 902. The van der Waals surface area contributed by atoms with Gasteiger partial charge in [-0.05, 0) is 40.8 Å². The van der Waals surface area contributed by atoms with E-state index in [-0.39, 0.29) is 34.5 Å². The van der Waals surface area contributed by atoms with Gasteiger partial charge in [0.25, 0.3) is 10.1 Å². The van der Waals surface area contributed by atoms with Crippen molar-refractivity contribution >= 4 is 61.2 Å². The van der Waals surface area contributed by atoms with Gasteiger partial charge in [0.05, 0.1) is 0 Å². The predicted octanol–water partition coefficient (Wildman–Crippen LogP) is 3.17. The Labute approximate surface area is 139 Å². The molecule has 0 fully saturated rings. The molecule has 0 saturated heterocycles. The summed E-state index contributed by atoms with van der Waals surface area (Å²) in [6.45, 7) is 1.68. The first-order chi connectivity index (χ1) is 8.97. The van der Waals surface area contributed by atoms with Gasteiger partial charge in [0.1, 0.15) is 4.90 Å². The maximum Gasteiger partial charge on any atom is 0.295 e. The molecular formula is C15H12NaO3S. The Kier molecular flexibility index (Phi) is 4.23. The van der Waals surface area contributed by atoms with Crippen molar-refractivity contribution in [3.05, 3.63) is 54.1 Å². The Morgan fingerprint density at radius 3 is 2.10 bits per heavy atom. The summed E-state index contributed by atoms with van der Waals surface area (Å²) in [5.41, 5.74) is 0.547. The molecule has 0 spiro atoms. The van der Waals surface area contributed by atoms with Crippen molar-refractivity contribution < 1.29 is 13.0 Å². The van der Waals surface area contributed by atoms with Crippen LogP contribution < -0.4 is 0 Å². The quantitative estimate of drug-likeness (QED) is 0.426. The summed E-state index contributed by atoms with van der Waals surface area (Å²) in [5, 5.41) is 3.35. The van der Waals surface area contributed by atoms with Crippen LogP contribution in [0.3, 0.4) is 0 Å². The average Bonchev–Trinajstić information content (AvgIpc) is 2.34. The molecule has 0 saturated carbocycles. The largest absolute Gasteiger partial charge is 0.295 e. The molecule has 97 valence electrons. The molecule has 20 heavy (non-hydrogen) atoms. The fourth-order valence-electron chi connectivity index (χ4n) is 2.44. The molecule has 3 aromatic carbocycles. The maximum absolute atomic E-state index is 11.6. The number of benzene rings is 3. The van der Waals surface area contributed by atoms with Gasteiger partial charge in [-0.1, -0.05) is 36.4 Å². The number of aryl methyl sites for hydroxylation is 1. The van der Waals surface area contributed by atoms with Gasteiger partial charge in [-0.25, -0.2) is 0 Å². The molecule has 0 unspecified atom stereocenters. The van der Waals surface area contributed by atoms with Crippen LogP contribution in [0.15, 0.2) is 53.4 Å². The van der Waals surface area contributed by atoms with Gasteiger partial charge in [0.2, 0.25) is 0 Å². The van der Waals surface area contributed by atoms with Crippen molar-refractivity contribution in [2.24, 2.45) is 0 Å². The number of rotatable bonds is 1. The van der Waals surface area contributed by atoms with Gasteiger partial charge < -0.3 is 0 Å². The molecule has 3 nitrogen and oxygen atoms in total. The van der Waals surface area contributed by atoms with Gasteiger partial charge >= 0.3 is 0 Å². The van der Waals surface area contributed by atoms with E-state index in [0.717, 1.165) is 16.2 Å². The van der Waals surface area contributed by atoms with Gasteiger partial charge in [0, 0.05) is 34.9 Å². The summed E-state index contributed by atoms with van der Waals surface area (Å²) in [6.07, 6.45) is 0. The number of hydrogen-bond donors (Lipinski definition) is 1. The third kappa shape index (κ3) is 2.62. The van der Waals surface area contributed by atoms with Crippen molar-refractivity contribution in [2.75, 3.05) is 0 Å². The minimum atomic E-state index is -4.23. The van der Waals surface area contributed by atoms with E-state index in [9.17, 15) is 13.0 Å². The Morgan fingerprint density at radius 2 is 1.50 bits per heavy atom. The zero-order valence-electron chi connectivity index (χ0n) is 11.3. The summed E-state index contributed by atoms with van der Waals surface area (Å²) >= 11 is 0. The van der Waals surface area contributed by atoms with E-state index in [1.165, 1.54) is 0 Å². The third-order valence-corrected chi connectivity index (χ3v) is 4.35. The van der Waals surface area contributed by atoms with Crippen LogP contribution in [0, 0.1) is 6.92 Å². The SMILES string of the molecule is Cc1ccc2cc3ccccc3cc2c1S(=O)(=O)O.[Na]. The zero-order valence-corrected chi connectivity index (χ0v) is 14.1. The summed E-state index contributed by atoms with van der Waals surface area (Å²) in [7, 11) is -4.23. The van der Waals surface area contributed by atoms with Crippen LogP contribution in [0.5, 0.6) is 0 Å². The van der Waals surface area contributed by atoms with Crippen molar-refractivity contribution in [3.63, 3.8) is 0 Å². The molecule has 0 amide bonds. The maximum atomic E-state index is 11.6. The normalized spacial score (nSPS) is 11.5. The van der Waals surface area contributed by atoms with E-state index < -0.39 is 10.1 Å². The molecule has 3 aromatic rings. The molecule has 0 aliphatic carbocycles. The molecule has 1 N–H and O–H groups in total. The van der Waals surface area contributed by atoms with E-state index in [0.29, 0.717) is 10.9 Å². The van der Waals surface area contributed by atoms with Gasteiger partial charge in [-0.3, -0.25) is 4.55 Å². The van der Waals surface area contributed by atoms with Crippen molar-refractivity contribution in [1.82, 2.24) is 0 Å². The van der Waals surface area contributed by atoms with Crippen molar-refractivity contribution in [3.8, 4) is 0 Å². The molecule has 0 bridgehead atoms. The Balaban J connectivity index is 0.00000147. The number of fused-ring (bicyclic) bond motifs is 2. The van der Waals surface area contributed by atoms with Gasteiger partial charge in [-0.15, -0.1) is 0 Å². The standard InChI is InChI=1S/C15H12O3S.Na/c1-10-6-7-13-8-11-4-2-3-5-12(11)9-14(13)15(10)19(16,17)18;/h2-9H,1H3,(H,16,17,18);. The van der Waals surface area contributed by atoms with E-state index in [1.54, 1.807) is 19.1 Å². The summed E-state index contributed by atoms with van der Waals surface area (Å²) in [5.74, 6) is 0. The minimum absolute atomic E-state index is 0. The predicted molar refractivity (Wildman–Crippen MR) is 81.8 cm³/mol. The molecule has 0 atom stereocenters. The van der Waals surface area contributed by atoms with Crippen LogP contribution >= 0.6 is 0 Å². The molecule has 5 heteroatoms. The molecule has 0 aromatic heterocycles. The van der Waals surface area contributed by atoms with Crippen LogP contribution in [0.2, 0.25) is 0 Å². The summed E-state index contributed by atoms with van der Waals surface area (Å²) in [4.78, 5) is -0.00393. The van der Waals surface area contributed by atoms with Gasteiger partial charge in [0.15, 0.2) is 0 Å². The minimum Gasteiger partial charge on any atom is -0.282 e. The van der Waals surface area contributed by atoms with E-state index >= 15 is 0 Å². The molecule has 1 radical (unpaired) electrons. The smallest absolute Gasteiger partial charge is 0.282 e. The summed E-state index contributed by atoms with van der Waals surface area (Å²) < 4.78 is 32.5. The van der Waals surface area contributed by atoms with Crippen LogP contribution in [0.4, 0.5) is 0 Å².